The lowest BCUT2D eigenvalue weighted by Crippen LogP contribution is -3.11. The maximum absolute atomic E-state index is 12.0. The van der Waals surface area contributed by atoms with E-state index in [1.165, 1.54) is 10.5 Å². The SMILES string of the molecule is Cc1ccc(NC(=O)C[NH+](C)CC(=O)N(C)C)c(C)c1. The fraction of sp³-hybridized carbons (Fsp3) is 0.467. The van der Waals surface area contributed by atoms with E-state index in [4.69, 9.17) is 0 Å². The van der Waals surface area contributed by atoms with Crippen LogP contribution in [0, 0.1) is 13.8 Å². The molecule has 0 saturated heterocycles. The molecule has 20 heavy (non-hydrogen) atoms. The van der Waals surface area contributed by atoms with Crippen molar-refractivity contribution in [3.63, 3.8) is 0 Å². The Kier molecular flexibility index (Phi) is 5.70. The standard InChI is InChI=1S/C15H23N3O2/c1-11-6-7-13(12(2)8-11)16-14(19)9-18(5)10-15(20)17(3)4/h6-8H,9-10H2,1-5H3,(H,16,19)/p+1. The molecule has 1 unspecified atom stereocenters. The number of amides is 2. The molecule has 2 amide bonds. The summed E-state index contributed by atoms with van der Waals surface area (Å²) in [6.07, 6.45) is 0. The Morgan fingerprint density at radius 2 is 1.85 bits per heavy atom. The lowest BCUT2D eigenvalue weighted by atomic mass is 10.1. The Bertz CT molecular complexity index is 498. The van der Waals surface area contributed by atoms with Gasteiger partial charge in [-0.3, -0.25) is 9.59 Å². The van der Waals surface area contributed by atoms with Crippen molar-refractivity contribution in [3.8, 4) is 0 Å². The fourth-order valence-electron chi connectivity index (χ4n) is 1.90. The Balaban J connectivity index is 2.53. The second kappa shape index (κ2) is 7.05. The first-order chi connectivity index (χ1) is 9.29. The number of quaternary nitrogens is 1. The van der Waals surface area contributed by atoms with Gasteiger partial charge in [0.2, 0.25) is 0 Å². The van der Waals surface area contributed by atoms with Gasteiger partial charge in [-0.15, -0.1) is 0 Å². The van der Waals surface area contributed by atoms with Crippen molar-refractivity contribution in [3.05, 3.63) is 29.3 Å². The molecule has 0 aromatic heterocycles. The number of carbonyl (C=O) groups is 2. The molecular formula is C15H24N3O2+. The zero-order chi connectivity index (χ0) is 15.3. The summed E-state index contributed by atoms with van der Waals surface area (Å²) in [5.74, 6) is -0.0668. The second-order valence-electron chi connectivity index (χ2n) is 5.47. The molecule has 0 fully saturated rings. The first kappa shape index (κ1) is 16.2. The highest BCUT2D eigenvalue weighted by Crippen LogP contribution is 2.15. The molecule has 0 aliphatic rings. The Labute approximate surface area is 120 Å². The highest BCUT2D eigenvalue weighted by molar-refractivity contribution is 5.92. The lowest BCUT2D eigenvalue weighted by Gasteiger charge is -2.16. The van der Waals surface area contributed by atoms with Crippen LogP contribution in [-0.4, -0.2) is 50.9 Å². The first-order valence-electron chi connectivity index (χ1n) is 6.68. The zero-order valence-electron chi connectivity index (χ0n) is 12.9. The van der Waals surface area contributed by atoms with E-state index in [1.54, 1.807) is 14.1 Å². The maximum Gasteiger partial charge on any atom is 0.279 e. The number of rotatable bonds is 5. The van der Waals surface area contributed by atoms with Crippen molar-refractivity contribution in [2.75, 3.05) is 39.5 Å². The third-order valence-corrected chi connectivity index (χ3v) is 3.07. The summed E-state index contributed by atoms with van der Waals surface area (Å²) in [7, 11) is 5.26. The van der Waals surface area contributed by atoms with Crippen molar-refractivity contribution < 1.29 is 14.5 Å². The third-order valence-electron chi connectivity index (χ3n) is 3.07. The van der Waals surface area contributed by atoms with Crippen LogP contribution in [-0.2, 0) is 9.59 Å². The molecule has 110 valence electrons. The van der Waals surface area contributed by atoms with Crippen LogP contribution in [0.2, 0.25) is 0 Å². The molecular weight excluding hydrogens is 254 g/mol. The molecule has 1 aromatic rings. The summed E-state index contributed by atoms with van der Waals surface area (Å²) in [6.45, 7) is 4.57. The van der Waals surface area contributed by atoms with Gasteiger partial charge in [0.15, 0.2) is 13.1 Å². The van der Waals surface area contributed by atoms with Gasteiger partial charge in [-0.05, 0) is 25.5 Å². The molecule has 1 aromatic carbocycles. The minimum atomic E-state index is -0.0824. The van der Waals surface area contributed by atoms with Crippen LogP contribution in [0.1, 0.15) is 11.1 Å². The largest absolute Gasteiger partial charge is 0.344 e. The number of nitrogens with zero attached hydrogens (tertiary/aromatic N) is 1. The minimum Gasteiger partial charge on any atom is -0.344 e. The summed E-state index contributed by atoms with van der Waals surface area (Å²) in [6, 6.07) is 5.90. The van der Waals surface area contributed by atoms with Gasteiger partial charge in [0.25, 0.3) is 11.8 Å². The zero-order valence-corrected chi connectivity index (χ0v) is 12.9. The number of nitrogens with one attached hydrogen (secondary N) is 2. The number of hydrogen-bond acceptors (Lipinski definition) is 2. The molecule has 1 atom stereocenters. The Morgan fingerprint density at radius 1 is 1.20 bits per heavy atom. The summed E-state index contributed by atoms with van der Waals surface area (Å²) in [5.41, 5.74) is 3.03. The molecule has 5 nitrogen and oxygen atoms in total. The molecule has 5 heteroatoms. The maximum atomic E-state index is 12.0. The van der Waals surface area contributed by atoms with Crippen LogP contribution in [0.5, 0.6) is 0 Å². The smallest absolute Gasteiger partial charge is 0.279 e. The third kappa shape index (κ3) is 5.01. The second-order valence-corrected chi connectivity index (χ2v) is 5.47. The highest BCUT2D eigenvalue weighted by atomic mass is 16.2. The molecule has 0 radical (unpaired) electrons. The van der Waals surface area contributed by atoms with Crippen LogP contribution < -0.4 is 10.2 Å². The van der Waals surface area contributed by atoms with Gasteiger partial charge in [0.05, 0.1) is 7.05 Å². The molecule has 2 N–H and O–H groups in total. The first-order valence-corrected chi connectivity index (χ1v) is 6.68. The van der Waals surface area contributed by atoms with Gasteiger partial charge in [0.1, 0.15) is 0 Å². The van der Waals surface area contributed by atoms with E-state index in [9.17, 15) is 9.59 Å². The average molecular weight is 278 g/mol. The van der Waals surface area contributed by atoms with Gasteiger partial charge in [-0.2, -0.15) is 0 Å². The Hall–Kier alpha value is -1.88. The van der Waals surface area contributed by atoms with Crippen molar-refractivity contribution in [2.24, 2.45) is 0 Å². The van der Waals surface area contributed by atoms with Crippen molar-refractivity contribution in [1.29, 1.82) is 0 Å². The molecule has 0 spiro atoms. The van der Waals surface area contributed by atoms with E-state index in [1.807, 2.05) is 39.1 Å². The van der Waals surface area contributed by atoms with Gasteiger partial charge >= 0.3 is 0 Å². The molecule has 1 rings (SSSR count). The van der Waals surface area contributed by atoms with E-state index in [0.29, 0.717) is 6.54 Å². The quantitative estimate of drug-likeness (QED) is 0.787. The molecule has 0 saturated carbocycles. The molecule has 0 aliphatic heterocycles. The minimum absolute atomic E-state index is 0.0156. The fourth-order valence-corrected chi connectivity index (χ4v) is 1.90. The number of likely N-dealkylation sites (N-methyl/N-ethyl adjacent to an activating group) is 2. The number of carbonyl (C=O) groups excluding carboxylic acids is 2. The summed E-state index contributed by atoms with van der Waals surface area (Å²) < 4.78 is 0. The van der Waals surface area contributed by atoms with Crippen LogP contribution >= 0.6 is 0 Å². The predicted molar refractivity (Wildman–Crippen MR) is 79.9 cm³/mol. The van der Waals surface area contributed by atoms with E-state index < -0.39 is 0 Å². The van der Waals surface area contributed by atoms with E-state index >= 15 is 0 Å². The molecule has 0 aliphatic carbocycles. The van der Waals surface area contributed by atoms with Crippen molar-refractivity contribution >= 4 is 17.5 Å². The lowest BCUT2D eigenvalue weighted by molar-refractivity contribution is -0.862. The van der Waals surface area contributed by atoms with Gasteiger partial charge in [-0.25, -0.2) is 0 Å². The number of benzene rings is 1. The highest BCUT2D eigenvalue weighted by Gasteiger charge is 2.15. The Morgan fingerprint density at radius 3 is 2.40 bits per heavy atom. The molecule has 0 heterocycles. The summed E-state index contributed by atoms with van der Waals surface area (Å²) in [4.78, 5) is 25.9. The summed E-state index contributed by atoms with van der Waals surface area (Å²) in [5, 5.41) is 2.89. The monoisotopic (exact) mass is 278 g/mol. The van der Waals surface area contributed by atoms with E-state index in [0.717, 1.165) is 16.2 Å². The summed E-state index contributed by atoms with van der Waals surface area (Å²) >= 11 is 0. The van der Waals surface area contributed by atoms with Crippen molar-refractivity contribution in [1.82, 2.24) is 4.90 Å². The average Bonchev–Trinajstić information content (AvgIpc) is 2.32. The van der Waals surface area contributed by atoms with Gasteiger partial charge in [0, 0.05) is 19.8 Å². The molecule has 0 bridgehead atoms. The van der Waals surface area contributed by atoms with E-state index in [-0.39, 0.29) is 18.4 Å². The van der Waals surface area contributed by atoms with E-state index in [2.05, 4.69) is 5.32 Å². The number of anilines is 1. The normalized spacial score (nSPS) is 11.8. The number of aryl methyl sites for hydroxylation is 2. The number of hydrogen-bond donors (Lipinski definition) is 2. The van der Waals surface area contributed by atoms with Crippen LogP contribution in [0.15, 0.2) is 18.2 Å². The van der Waals surface area contributed by atoms with Gasteiger partial charge < -0.3 is 15.1 Å². The van der Waals surface area contributed by atoms with Crippen molar-refractivity contribution in [2.45, 2.75) is 13.8 Å². The topological polar surface area (TPSA) is 53.9 Å². The van der Waals surface area contributed by atoms with Crippen LogP contribution in [0.4, 0.5) is 5.69 Å². The predicted octanol–water partition coefficient (Wildman–Crippen LogP) is -0.155. The van der Waals surface area contributed by atoms with Crippen LogP contribution in [0.25, 0.3) is 0 Å². The van der Waals surface area contributed by atoms with Crippen LogP contribution in [0.3, 0.4) is 0 Å². The van der Waals surface area contributed by atoms with Gasteiger partial charge in [-0.1, -0.05) is 17.7 Å².